The smallest absolute Gasteiger partial charge is 0.345 e. The quantitative estimate of drug-likeness (QED) is 0.0341. The summed E-state index contributed by atoms with van der Waals surface area (Å²) < 4.78 is 25.6. The van der Waals surface area contributed by atoms with Crippen molar-refractivity contribution >= 4 is 71.4 Å². The molecule has 0 fully saturated rings. The molecule has 4 aromatic rings. The predicted octanol–water partition coefficient (Wildman–Crippen LogP) is 6.90. The molecular formula is C29H26Cl3N4O13P. The number of ether oxygens (including phenoxy) is 3. The van der Waals surface area contributed by atoms with E-state index in [-0.39, 0.29) is 44.2 Å². The van der Waals surface area contributed by atoms with Crippen LogP contribution in [-0.4, -0.2) is 56.6 Å². The zero-order valence-corrected chi connectivity index (χ0v) is 28.6. The third-order valence-electron chi connectivity index (χ3n) is 5.57. The summed E-state index contributed by atoms with van der Waals surface area (Å²) in [4.78, 5) is 58.1. The summed E-state index contributed by atoms with van der Waals surface area (Å²) in [6, 6.07) is 20.0. The van der Waals surface area contributed by atoms with E-state index in [0.717, 1.165) is 13.2 Å². The lowest BCUT2D eigenvalue weighted by atomic mass is 10.1. The number of aliphatic carboxylic acids is 1. The highest BCUT2D eigenvalue weighted by molar-refractivity contribution is 7.51. The summed E-state index contributed by atoms with van der Waals surface area (Å²) in [7, 11) is -2.96. The average molecular weight is 776 g/mol. The second-order valence-electron chi connectivity index (χ2n) is 9.23. The molecule has 4 aromatic carbocycles. The standard InChI is InChI=1S/C14H9Cl2NO5.C12H9ClN2O3.C3H8NO5P/c1-21-14(18)10-7-9(3-4-12(10)17(19)20)22-13-5-2-8(15)6-11(13)16;13-11-10(18-8-4-2-1-3-5-8)7-6-9(12(11)14)15(16)17;5-3(6)1-4-2-10(7,8)9/h2-7H,1H3;1-7H,14H2;4H,1-2H2,(H,5,6)(H2,7,8,9). The summed E-state index contributed by atoms with van der Waals surface area (Å²) in [5.41, 5.74) is 4.66. The number of hydrogen-bond donors (Lipinski definition) is 5. The van der Waals surface area contributed by atoms with E-state index < -0.39 is 42.2 Å². The predicted molar refractivity (Wildman–Crippen MR) is 183 cm³/mol. The van der Waals surface area contributed by atoms with E-state index in [0.29, 0.717) is 16.5 Å². The number of methoxy groups -OCH3 is 1. The molecule has 50 heavy (non-hydrogen) atoms. The van der Waals surface area contributed by atoms with Gasteiger partial charge in [0, 0.05) is 23.2 Å². The van der Waals surface area contributed by atoms with Crippen molar-refractivity contribution in [2.24, 2.45) is 0 Å². The monoisotopic (exact) mass is 774 g/mol. The number of nitrogens with one attached hydrogen (secondary N) is 1. The molecule has 4 rings (SSSR count). The maximum atomic E-state index is 11.6. The zero-order valence-electron chi connectivity index (χ0n) is 25.4. The Morgan fingerprint density at radius 3 is 1.98 bits per heavy atom. The fourth-order valence-corrected chi connectivity index (χ4v) is 4.47. The number of carbonyl (C=O) groups is 2. The van der Waals surface area contributed by atoms with E-state index in [9.17, 15) is 34.4 Å². The molecular weight excluding hydrogens is 750 g/mol. The molecule has 0 aliphatic carbocycles. The zero-order chi connectivity index (χ0) is 37.6. The number of para-hydroxylation sites is 1. The number of nitro benzene ring substituents is 2. The topological polar surface area (TPSA) is 264 Å². The highest BCUT2D eigenvalue weighted by atomic mass is 35.5. The van der Waals surface area contributed by atoms with Crippen LogP contribution in [-0.2, 0) is 14.1 Å². The second-order valence-corrected chi connectivity index (χ2v) is 12.1. The highest BCUT2D eigenvalue weighted by Gasteiger charge is 2.22. The van der Waals surface area contributed by atoms with Crippen LogP contribution in [0.25, 0.3) is 0 Å². The van der Waals surface area contributed by atoms with Gasteiger partial charge in [-0.2, -0.15) is 0 Å². The van der Waals surface area contributed by atoms with Gasteiger partial charge in [0.15, 0.2) is 0 Å². The van der Waals surface area contributed by atoms with Crippen LogP contribution in [0.3, 0.4) is 0 Å². The molecule has 0 atom stereocenters. The molecule has 0 saturated heterocycles. The van der Waals surface area contributed by atoms with Gasteiger partial charge in [-0.3, -0.25) is 34.9 Å². The largest absolute Gasteiger partial charge is 0.480 e. The number of carboxylic acid groups (broad SMARTS) is 1. The van der Waals surface area contributed by atoms with Crippen LogP contribution in [0.4, 0.5) is 17.1 Å². The minimum atomic E-state index is -4.10. The van der Waals surface area contributed by atoms with E-state index in [1.165, 1.54) is 30.3 Å². The molecule has 0 aliphatic rings. The first kappa shape index (κ1) is 41.2. The average Bonchev–Trinajstić information content (AvgIpc) is 3.04. The normalized spacial score (nSPS) is 10.4. The molecule has 17 nitrogen and oxygen atoms in total. The summed E-state index contributed by atoms with van der Waals surface area (Å²) in [6.07, 6.45) is -0.598. The van der Waals surface area contributed by atoms with Crippen molar-refractivity contribution in [1.29, 1.82) is 0 Å². The number of benzene rings is 4. The lowest BCUT2D eigenvalue weighted by Crippen LogP contribution is -2.23. The Hall–Kier alpha value is -5.00. The van der Waals surface area contributed by atoms with Gasteiger partial charge in [0.2, 0.25) is 0 Å². The molecule has 6 N–H and O–H groups in total. The maximum Gasteiger partial charge on any atom is 0.345 e. The van der Waals surface area contributed by atoms with Crippen LogP contribution in [0.2, 0.25) is 15.1 Å². The summed E-state index contributed by atoms with van der Waals surface area (Å²) in [5, 5.41) is 32.4. The number of nitrogens with two attached hydrogens (primary N) is 1. The van der Waals surface area contributed by atoms with Gasteiger partial charge in [0.05, 0.1) is 34.8 Å². The van der Waals surface area contributed by atoms with Crippen molar-refractivity contribution in [3.05, 3.63) is 120 Å². The SMILES string of the molecule is COC(=O)c1cc(Oc2ccc(Cl)cc2Cl)ccc1[N+](=O)[O-].Nc1c([N+](=O)[O-])ccc(Oc2ccccc2)c1Cl.O=C(O)CNCP(=O)(O)O. The number of esters is 1. The molecule has 21 heteroatoms. The van der Waals surface area contributed by atoms with Gasteiger partial charge in [0.25, 0.3) is 11.4 Å². The number of carboxylic acids is 1. The Kier molecular flexibility index (Phi) is 15.9. The van der Waals surface area contributed by atoms with Crippen molar-refractivity contribution in [1.82, 2.24) is 5.32 Å². The van der Waals surface area contributed by atoms with Gasteiger partial charge < -0.3 is 34.8 Å². The molecule has 0 spiro atoms. The molecule has 0 aliphatic heterocycles. The maximum absolute atomic E-state index is 11.6. The van der Waals surface area contributed by atoms with Crippen LogP contribution in [0.1, 0.15) is 10.4 Å². The van der Waals surface area contributed by atoms with E-state index >= 15 is 0 Å². The first-order valence-electron chi connectivity index (χ1n) is 13.4. The number of rotatable bonds is 11. The molecule has 0 bridgehead atoms. The lowest BCUT2D eigenvalue weighted by molar-refractivity contribution is -0.385. The van der Waals surface area contributed by atoms with Gasteiger partial charge >= 0.3 is 19.5 Å². The molecule has 0 aromatic heterocycles. The van der Waals surface area contributed by atoms with Crippen molar-refractivity contribution in [3.63, 3.8) is 0 Å². The van der Waals surface area contributed by atoms with E-state index in [4.69, 9.17) is 64.9 Å². The molecule has 0 unspecified atom stereocenters. The third kappa shape index (κ3) is 13.5. The number of nitro groups is 2. The van der Waals surface area contributed by atoms with Gasteiger partial charge in [-0.1, -0.05) is 53.0 Å². The number of halogens is 3. The number of hydrogen-bond acceptors (Lipinski definition) is 12. The number of anilines is 1. The Balaban J connectivity index is 0.000000279. The first-order valence-corrected chi connectivity index (χ1v) is 16.3. The van der Waals surface area contributed by atoms with Crippen LogP contribution in [0.15, 0.2) is 78.9 Å². The minimum absolute atomic E-state index is 0.0352. The van der Waals surface area contributed by atoms with Crippen molar-refractivity contribution in [3.8, 4) is 23.0 Å². The van der Waals surface area contributed by atoms with Crippen molar-refractivity contribution in [2.75, 3.05) is 25.7 Å². The number of carbonyl (C=O) groups excluding carboxylic acids is 1. The van der Waals surface area contributed by atoms with E-state index in [1.54, 1.807) is 36.4 Å². The molecule has 0 saturated carbocycles. The van der Waals surface area contributed by atoms with Gasteiger partial charge in [-0.25, -0.2) is 4.79 Å². The third-order valence-corrected chi connectivity index (χ3v) is 7.13. The molecule has 0 amide bonds. The van der Waals surface area contributed by atoms with Crippen molar-refractivity contribution < 1.29 is 53.1 Å². The van der Waals surface area contributed by atoms with Crippen LogP contribution in [0, 0.1) is 20.2 Å². The lowest BCUT2D eigenvalue weighted by Gasteiger charge is -2.09. The Bertz CT molecular complexity index is 1900. The summed E-state index contributed by atoms with van der Waals surface area (Å²) in [5.74, 6) is -0.614. The molecule has 0 heterocycles. The fraction of sp³-hybridized carbons (Fsp3) is 0.103. The van der Waals surface area contributed by atoms with Crippen LogP contribution in [0.5, 0.6) is 23.0 Å². The first-order chi connectivity index (χ1) is 23.4. The van der Waals surface area contributed by atoms with Crippen LogP contribution < -0.4 is 20.5 Å². The highest BCUT2D eigenvalue weighted by Crippen LogP contribution is 2.39. The number of nitrogens with zero attached hydrogens (tertiary/aromatic N) is 2. The van der Waals surface area contributed by atoms with E-state index in [2.05, 4.69) is 10.1 Å². The van der Waals surface area contributed by atoms with Gasteiger partial charge in [-0.15, -0.1) is 0 Å². The van der Waals surface area contributed by atoms with Gasteiger partial charge in [0.1, 0.15) is 39.3 Å². The fourth-order valence-electron chi connectivity index (χ4n) is 3.42. The number of nitrogen functional groups attached to an aromatic ring is 1. The molecule has 0 radical (unpaired) electrons. The van der Waals surface area contributed by atoms with Crippen molar-refractivity contribution in [2.45, 2.75) is 0 Å². The Labute approximate surface area is 297 Å². The Morgan fingerprint density at radius 1 is 0.860 bits per heavy atom. The Morgan fingerprint density at radius 2 is 1.44 bits per heavy atom. The summed E-state index contributed by atoms with van der Waals surface area (Å²) in [6.45, 7) is -0.439. The summed E-state index contributed by atoms with van der Waals surface area (Å²) >= 11 is 17.7. The van der Waals surface area contributed by atoms with Crippen LogP contribution >= 0.6 is 42.4 Å². The van der Waals surface area contributed by atoms with Gasteiger partial charge in [-0.05, 0) is 42.5 Å². The second kappa shape index (κ2) is 19.3. The minimum Gasteiger partial charge on any atom is -0.480 e. The van der Waals surface area contributed by atoms with E-state index in [1.807, 2.05) is 6.07 Å². The molecule has 266 valence electrons.